The van der Waals surface area contributed by atoms with Crippen molar-refractivity contribution in [2.45, 2.75) is 148 Å². The van der Waals surface area contributed by atoms with Crippen LogP contribution in [0, 0.1) is 17.8 Å². The summed E-state index contributed by atoms with van der Waals surface area (Å²) in [7, 11) is 1.42. The average molecular weight is 947 g/mol. The van der Waals surface area contributed by atoms with Crippen LogP contribution in [0.2, 0.25) is 0 Å². The molecule has 2 heterocycles. The van der Waals surface area contributed by atoms with Crippen LogP contribution in [0.1, 0.15) is 98.1 Å². The van der Waals surface area contributed by atoms with Crippen LogP contribution in [0.5, 0.6) is 5.75 Å². The number of primary amides is 1. The second kappa shape index (κ2) is 25.0. The van der Waals surface area contributed by atoms with Gasteiger partial charge in [-0.2, -0.15) is 0 Å². The molecule has 8 amide bonds. The molecule has 0 saturated carbocycles. The summed E-state index contributed by atoms with van der Waals surface area (Å²) in [6.45, 7) is 12.0. The van der Waals surface area contributed by atoms with Crippen LogP contribution in [0.3, 0.4) is 0 Å². The fourth-order valence-corrected chi connectivity index (χ4v) is 8.34. The number of nitrogens with zero attached hydrogens (tertiary/aromatic N) is 2. The Hall–Kier alpha value is -6.53. The van der Waals surface area contributed by atoms with Crippen molar-refractivity contribution in [2.75, 3.05) is 13.6 Å². The average Bonchev–Trinajstić information content (AvgIpc) is 3.77. The van der Waals surface area contributed by atoms with Gasteiger partial charge in [0.15, 0.2) is 0 Å². The molecular weight excluding hydrogens is 877 g/mol. The molecule has 68 heavy (non-hydrogen) atoms. The van der Waals surface area contributed by atoms with E-state index in [4.69, 9.17) is 10.5 Å². The third kappa shape index (κ3) is 15.5. The number of phenolic OH excluding ortho intramolecular Hbond substituents is 1. The van der Waals surface area contributed by atoms with Crippen LogP contribution in [0.15, 0.2) is 54.6 Å². The van der Waals surface area contributed by atoms with Gasteiger partial charge in [-0.1, -0.05) is 84.0 Å². The SMILES string of the molecule is CC(C)CC(=O)N[C@@H](CCC(N)=O)C(=O)NC1C(=O)N[C@@H](CC(C)C)C(=O)N2CCCC2C(=O)NC(Cc2ccccc2)C(=O)N(C)C(Cc2ccc(O)cc2)C(=O)NC(C(C)C)C(=O)OC1C. The number of nitrogens with two attached hydrogens (primary N) is 1. The van der Waals surface area contributed by atoms with E-state index in [1.54, 1.807) is 70.2 Å². The number of aromatic hydroxyl groups is 1. The Morgan fingerprint density at radius 2 is 1.44 bits per heavy atom. The van der Waals surface area contributed by atoms with Gasteiger partial charge in [-0.05, 0) is 73.6 Å². The Morgan fingerprint density at radius 1 is 0.809 bits per heavy atom. The molecule has 0 aliphatic carbocycles. The van der Waals surface area contributed by atoms with Gasteiger partial charge in [0, 0.05) is 39.3 Å². The van der Waals surface area contributed by atoms with E-state index in [1.165, 1.54) is 35.9 Å². The quantitative estimate of drug-likeness (QED) is 0.125. The van der Waals surface area contributed by atoms with Crippen LogP contribution in [-0.4, -0.2) is 130 Å². The highest BCUT2D eigenvalue weighted by Crippen LogP contribution is 2.23. The molecule has 2 aliphatic heterocycles. The van der Waals surface area contributed by atoms with Crippen LogP contribution in [0.4, 0.5) is 0 Å². The van der Waals surface area contributed by atoms with Gasteiger partial charge in [0.1, 0.15) is 54.1 Å². The van der Waals surface area contributed by atoms with Gasteiger partial charge in [-0.15, -0.1) is 0 Å². The lowest BCUT2D eigenvalue weighted by molar-refractivity contribution is -0.158. The summed E-state index contributed by atoms with van der Waals surface area (Å²) in [5, 5.41) is 23.6. The molecule has 0 spiro atoms. The number of rotatable bonds is 15. The lowest BCUT2D eigenvalue weighted by Crippen LogP contribution is -2.61. The first-order valence-corrected chi connectivity index (χ1v) is 23.4. The van der Waals surface area contributed by atoms with Crippen molar-refractivity contribution in [3.63, 3.8) is 0 Å². The van der Waals surface area contributed by atoms with Gasteiger partial charge >= 0.3 is 5.97 Å². The van der Waals surface area contributed by atoms with Crippen molar-refractivity contribution in [2.24, 2.45) is 23.5 Å². The molecule has 2 aromatic carbocycles. The molecule has 19 nitrogen and oxygen atoms in total. The third-order valence-corrected chi connectivity index (χ3v) is 12.0. The van der Waals surface area contributed by atoms with Gasteiger partial charge in [-0.3, -0.25) is 38.4 Å². The molecular formula is C49H70N8O11. The first-order chi connectivity index (χ1) is 32.1. The number of esters is 1. The molecule has 8 N–H and O–H groups in total. The zero-order valence-electron chi connectivity index (χ0n) is 40.4. The van der Waals surface area contributed by atoms with Gasteiger partial charge in [0.2, 0.25) is 47.3 Å². The summed E-state index contributed by atoms with van der Waals surface area (Å²) in [5.41, 5.74) is 6.66. The number of benzene rings is 2. The first-order valence-electron chi connectivity index (χ1n) is 23.4. The molecule has 4 rings (SSSR count). The van der Waals surface area contributed by atoms with E-state index in [2.05, 4.69) is 26.6 Å². The van der Waals surface area contributed by atoms with E-state index < -0.39 is 108 Å². The number of hydrogen-bond donors (Lipinski definition) is 7. The fourth-order valence-electron chi connectivity index (χ4n) is 8.34. The summed E-state index contributed by atoms with van der Waals surface area (Å²) in [6.07, 6.45) is -1.26. The second-order valence-corrected chi connectivity index (χ2v) is 19.0. The molecule has 8 atom stereocenters. The highest BCUT2D eigenvalue weighted by Gasteiger charge is 2.43. The summed E-state index contributed by atoms with van der Waals surface area (Å²) in [6, 6.07) is 5.73. The number of likely N-dealkylation sites (N-methyl/N-ethyl adjacent to an activating group) is 1. The number of hydrogen-bond acceptors (Lipinski definition) is 11. The molecule has 2 aliphatic rings. The normalized spacial score (nSPS) is 24.0. The van der Waals surface area contributed by atoms with Crippen LogP contribution in [0.25, 0.3) is 0 Å². The van der Waals surface area contributed by atoms with Crippen molar-refractivity contribution in [1.82, 2.24) is 36.4 Å². The Balaban J connectivity index is 1.85. The number of fused-ring (bicyclic) bond motifs is 1. The minimum Gasteiger partial charge on any atom is -0.508 e. The van der Waals surface area contributed by atoms with E-state index in [0.717, 1.165) is 0 Å². The molecule has 0 aromatic heterocycles. The number of ether oxygens (including phenoxy) is 1. The summed E-state index contributed by atoms with van der Waals surface area (Å²) >= 11 is 0. The van der Waals surface area contributed by atoms with E-state index in [0.29, 0.717) is 17.5 Å². The Bertz CT molecular complexity index is 2120. The zero-order valence-corrected chi connectivity index (χ0v) is 40.4. The van der Waals surface area contributed by atoms with E-state index in [9.17, 15) is 48.3 Å². The molecule has 2 aromatic rings. The lowest BCUT2D eigenvalue weighted by Gasteiger charge is -2.33. The lowest BCUT2D eigenvalue weighted by atomic mass is 9.99. The molecule has 0 bridgehead atoms. The largest absolute Gasteiger partial charge is 0.508 e. The maximum Gasteiger partial charge on any atom is 0.329 e. The first kappa shape index (κ1) is 54.1. The highest BCUT2D eigenvalue weighted by molar-refractivity contribution is 5.98. The van der Waals surface area contributed by atoms with Gasteiger partial charge in [0.25, 0.3) is 0 Å². The number of phenols is 1. The molecule has 2 saturated heterocycles. The molecule has 6 unspecified atom stereocenters. The number of nitrogens with one attached hydrogen (secondary N) is 5. The Labute approximate surface area is 398 Å². The Kier molecular flexibility index (Phi) is 19.9. The van der Waals surface area contributed by atoms with E-state index in [-0.39, 0.29) is 69.1 Å². The van der Waals surface area contributed by atoms with Crippen LogP contribution < -0.4 is 32.3 Å². The molecule has 0 radical (unpaired) electrons. The van der Waals surface area contributed by atoms with E-state index >= 15 is 0 Å². The number of cyclic esters (lactones) is 1. The highest BCUT2D eigenvalue weighted by atomic mass is 16.5. The van der Waals surface area contributed by atoms with Crippen molar-refractivity contribution in [3.05, 3.63) is 65.7 Å². The molecule has 2 fully saturated rings. The molecule has 19 heteroatoms. The summed E-state index contributed by atoms with van der Waals surface area (Å²) in [5.74, 6) is -7.62. The Morgan fingerprint density at radius 3 is 2.04 bits per heavy atom. The van der Waals surface area contributed by atoms with Gasteiger partial charge < -0.3 is 52.0 Å². The minimum absolute atomic E-state index is 0.0206. The number of amides is 8. The maximum atomic E-state index is 14.8. The molecule has 372 valence electrons. The van der Waals surface area contributed by atoms with Crippen molar-refractivity contribution < 1.29 is 53.0 Å². The third-order valence-electron chi connectivity index (χ3n) is 12.0. The predicted octanol–water partition coefficient (Wildman–Crippen LogP) is 1.38. The van der Waals surface area contributed by atoms with Gasteiger partial charge in [-0.25, -0.2) is 4.79 Å². The van der Waals surface area contributed by atoms with Crippen LogP contribution in [-0.2, 0) is 60.7 Å². The summed E-state index contributed by atoms with van der Waals surface area (Å²) < 4.78 is 5.91. The standard InChI is InChI=1S/C49H70N8O11/c1-27(2)23-35-48(66)57-22-12-15-37(57)44(62)52-36(25-31-13-10-9-11-14-31)47(65)56(8)38(26-32-16-18-33(58)19-17-32)45(63)54-41(29(5)6)49(67)68-30(7)42(46(64)53-35)55-43(61)34(20-21-39(50)59)51-40(60)24-28(3)4/h9-11,13-14,16-19,27-30,34-38,41-42,58H,12,15,20-26H2,1-8H3,(H2,50,59)(H,51,60)(H,52,62)(H,53,64)(H,54,63)(H,55,61)/t30?,34-,35-,36?,37?,38?,41?,42?/m0/s1. The van der Waals surface area contributed by atoms with Gasteiger partial charge in [0.05, 0.1) is 0 Å². The topological polar surface area (TPSA) is 276 Å². The van der Waals surface area contributed by atoms with Crippen molar-refractivity contribution >= 4 is 53.2 Å². The van der Waals surface area contributed by atoms with E-state index in [1.807, 2.05) is 13.8 Å². The maximum absolute atomic E-state index is 14.8. The fraction of sp³-hybridized carbons (Fsp3) is 0.571. The monoisotopic (exact) mass is 947 g/mol. The van der Waals surface area contributed by atoms with Crippen LogP contribution >= 0.6 is 0 Å². The number of carbonyl (C=O) groups excluding carboxylic acids is 9. The second-order valence-electron chi connectivity index (χ2n) is 19.0. The minimum atomic E-state index is -1.71. The van der Waals surface area contributed by atoms with Crippen molar-refractivity contribution in [1.29, 1.82) is 0 Å². The zero-order chi connectivity index (χ0) is 50.4. The van der Waals surface area contributed by atoms with Crippen molar-refractivity contribution in [3.8, 4) is 5.75 Å². The number of carbonyl (C=O) groups is 9. The smallest absolute Gasteiger partial charge is 0.329 e. The predicted molar refractivity (Wildman–Crippen MR) is 251 cm³/mol. The summed E-state index contributed by atoms with van der Waals surface area (Å²) in [4.78, 5) is 129.